The molecule has 0 saturated carbocycles. The van der Waals surface area contributed by atoms with Gasteiger partial charge in [0.25, 0.3) is 0 Å². The number of hydrogen-bond donors (Lipinski definition) is 3. The van der Waals surface area contributed by atoms with Gasteiger partial charge in [-0.15, -0.1) is 0 Å². The Morgan fingerprint density at radius 1 is 1.33 bits per heavy atom. The normalized spacial score (nSPS) is 11.7. The van der Waals surface area contributed by atoms with Crippen molar-refractivity contribution >= 4 is 33.8 Å². The minimum absolute atomic E-state index is 0.151. The molecule has 0 unspecified atom stereocenters. The van der Waals surface area contributed by atoms with Crippen molar-refractivity contribution in [1.82, 2.24) is 24.9 Å². The lowest BCUT2D eigenvalue weighted by Gasteiger charge is -2.33. The van der Waals surface area contributed by atoms with Crippen LogP contribution in [0.15, 0.2) is 36.5 Å². The SMILES string of the molecule is C=C(C)NOCc1nc2c(N)nc3ccccc3c2n1CCN(C(=O)O)C(C)(C)C. The molecule has 1 amide bonds. The summed E-state index contributed by atoms with van der Waals surface area (Å²) in [6.45, 7) is 11.9. The van der Waals surface area contributed by atoms with Crippen molar-refractivity contribution in [3.63, 3.8) is 0 Å². The van der Waals surface area contributed by atoms with E-state index in [1.807, 2.05) is 49.6 Å². The van der Waals surface area contributed by atoms with Gasteiger partial charge in [-0.25, -0.2) is 14.8 Å². The number of hydroxylamine groups is 1. The van der Waals surface area contributed by atoms with Gasteiger partial charge in [-0.05, 0) is 33.8 Å². The van der Waals surface area contributed by atoms with E-state index in [9.17, 15) is 9.90 Å². The van der Waals surface area contributed by atoms with Crippen molar-refractivity contribution in [3.8, 4) is 0 Å². The lowest BCUT2D eigenvalue weighted by atomic mass is 10.1. The summed E-state index contributed by atoms with van der Waals surface area (Å²) in [7, 11) is 0. The minimum atomic E-state index is -0.972. The number of amides is 1. The molecule has 0 aliphatic heterocycles. The topological polar surface area (TPSA) is 119 Å². The van der Waals surface area contributed by atoms with Crippen LogP contribution in [0.4, 0.5) is 10.6 Å². The van der Waals surface area contributed by atoms with E-state index >= 15 is 0 Å². The molecule has 9 nitrogen and oxygen atoms in total. The number of para-hydroxylation sites is 1. The third kappa shape index (κ3) is 4.30. The number of imidazole rings is 1. The summed E-state index contributed by atoms with van der Waals surface area (Å²) >= 11 is 0. The predicted molar refractivity (Wildman–Crippen MR) is 117 cm³/mol. The molecule has 9 heteroatoms. The summed E-state index contributed by atoms with van der Waals surface area (Å²) in [4.78, 5) is 27.8. The molecule has 3 aromatic rings. The quantitative estimate of drug-likeness (QED) is 0.508. The number of hydrogen-bond acceptors (Lipinski definition) is 6. The van der Waals surface area contributed by atoms with Crippen molar-refractivity contribution in [2.45, 2.75) is 46.4 Å². The van der Waals surface area contributed by atoms with Crippen LogP contribution in [-0.4, -0.2) is 42.7 Å². The van der Waals surface area contributed by atoms with Gasteiger partial charge in [0.15, 0.2) is 5.82 Å². The van der Waals surface area contributed by atoms with Crippen LogP contribution >= 0.6 is 0 Å². The van der Waals surface area contributed by atoms with E-state index in [1.54, 1.807) is 6.92 Å². The molecule has 0 aliphatic carbocycles. The summed E-state index contributed by atoms with van der Waals surface area (Å²) < 4.78 is 1.96. The Hall–Kier alpha value is -3.33. The highest BCUT2D eigenvalue weighted by atomic mass is 16.6. The Kier molecular flexibility index (Phi) is 5.84. The third-order valence-corrected chi connectivity index (χ3v) is 4.72. The van der Waals surface area contributed by atoms with E-state index < -0.39 is 11.6 Å². The molecule has 0 atom stereocenters. The molecule has 1 aromatic carbocycles. The Balaban J connectivity index is 2.10. The molecule has 0 fully saturated rings. The maximum Gasteiger partial charge on any atom is 0.407 e. The number of rotatable bonds is 7. The molecule has 2 aromatic heterocycles. The molecular formula is C21H28N6O3. The molecule has 0 spiro atoms. The van der Waals surface area contributed by atoms with E-state index in [4.69, 9.17) is 10.6 Å². The van der Waals surface area contributed by atoms with E-state index in [0.717, 1.165) is 16.4 Å². The van der Waals surface area contributed by atoms with Crippen molar-refractivity contribution in [3.05, 3.63) is 42.4 Å². The fraction of sp³-hybridized carbons (Fsp3) is 0.381. The van der Waals surface area contributed by atoms with Crippen molar-refractivity contribution in [2.75, 3.05) is 12.3 Å². The summed E-state index contributed by atoms with van der Waals surface area (Å²) in [6, 6.07) is 7.67. The van der Waals surface area contributed by atoms with E-state index in [0.29, 0.717) is 29.4 Å². The average Bonchev–Trinajstić information content (AvgIpc) is 3.00. The van der Waals surface area contributed by atoms with Crippen LogP contribution in [0.5, 0.6) is 0 Å². The molecule has 30 heavy (non-hydrogen) atoms. The Labute approximate surface area is 175 Å². The number of carbonyl (C=O) groups is 1. The first-order chi connectivity index (χ1) is 14.1. The number of carboxylic acid groups (broad SMARTS) is 1. The smallest absolute Gasteiger partial charge is 0.407 e. The van der Waals surface area contributed by atoms with Crippen molar-refractivity contribution in [1.29, 1.82) is 0 Å². The number of anilines is 1. The van der Waals surface area contributed by atoms with E-state index in [1.165, 1.54) is 4.90 Å². The number of aromatic nitrogens is 3. The van der Waals surface area contributed by atoms with Gasteiger partial charge in [0.05, 0.1) is 11.0 Å². The third-order valence-electron chi connectivity index (χ3n) is 4.72. The highest BCUT2D eigenvalue weighted by Crippen LogP contribution is 2.29. The van der Waals surface area contributed by atoms with Gasteiger partial charge in [-0.2, -0.15) is 0 Å². The van der Waals surface area contributed by atoms with Crippen LogP contribution in [-0.2, 0) is 18.0 Å². The van der Waals surface area contributed by atoms with Crippen molar-refractivity contribution in [2.24, 2.45) is 0 Å². The van der Waals surface area contributed by atoms with Gasteiger partial charge >= 0.3 is 6.09 Å². The number of benzene rings is 1. The molecule has 0 saturated heterocycles. The summed E-state index contributed by atoms with van der Waals surface area (Å²) in [5.74, 6) is 0.935. The Morgan fingerprint density at radius 2 is 2.03 bits per heavy atom. The first kappa shape index (κ1) is 21.4. The van der Waals surface area contributed by atoms with Gasteiger partial charge in [-0.3, -0.25) is 10.3 Å². The number of nitrogen functional groups attached to an aromatic ring is 1. The lowest BCUT2D eigenvalue weighted by Crippen LogP contribution is -2.46. The Bertz CT molecular complexity index is 1100. The van der Waals surface area contributed by atoms with E-state index in [-0.39, 0.29) is 13.2 Å². The zero-order valence-corrected chi connectivity index (χ0v) is 17.8. The largest absolute Gasteiger partial charge is 0.465 e. The highest BCUT2D eigenvalue weighted by Gasteiger charge is 2.27. The van der Waals surface area contributed by atoms with Crippen LogP contribution in [0.1, 0.15) is 33.5 Å². The zero-order chi connectivity index (χ0) is 22.1. The molecule has 2 heterocycles. The van der Waals surface area contributed by atoms with Crippen LogP contribution in [0.25, 0.3) is 21.9 Å². The van der Waals surface area contributed by atoms with Crippen LogP contribution in [0.2, 0.25) is 0 Å². The molecule has 0 bridgehead atoms. The summed E-state index contributed by atoms with van der Waals surface area (Å²) in [6.07, 6.45) is -0.972. The second-order valence-electron chi connectivity index (χ2n) is 8.17. The van der Waals surface area contributed by atoms with Crippen molar-refractivity contribution < 1.29 is 14.7 Å². The van der Waals surface area contributed by atoms with Crippen LogP contribution in [0, 0.1) is 0 Å². The standard InChI is InChI=1S/C21H28N6O3/c1-13(2)25-30-12-16-24-17-18(14-8-6-7-9-15(14)23-19(17)22)26(16)10-11-27(20(28)29)21(3,4)5/h6-9,25H,1,10-12H2,2-5H3,(H2,22,23)(H,28,29). The highest BCUT2D eigenvalue weighted by molar-refractivity contribution is 6.06. The average molecular weight is 412 g/mol. The molecule has 160 valence electrons. The monoisotopic (exact) mass is 412 g/mol. The zero-order valence-electron chi connectivity index (χ0n) is 17.8. The molecular weight excluding hydrogens is 384 g/mol. The molecule has 0 radical (unpaired) electrons. The van der Waals surface area contributed by atoms with Crippen LogP contribution in [0.3, 0.4) is 0 Å². The van der Waals surface area contributed by atoms with Gasteiger partial charge in [0.2, 0.25) is 0 Å². The summed E-state index contributed by atoms with van der Waals surface area (Å²) in [5.41, 5.74) is 11.2. The first-order valence-electron chi connectivity index (χ1n) is 9.66. The van der Waals surface area contributed by atoms with E-state index in [2.05, 4.69) is 22.0 Å². The van der Waals surface area contributed by atoms with Gasteiger partial charge < -0.3 is 20.3 Å². The Morgan fingerprint density at radius 3 is 2.67 bits per heavy atom. The number of fused-ring (bicyclic) bond motifs is 3. The van der Waals surface area contributed by atoms with Gasteiger partial charge in [0, 0.05) is 29.7 Å². The number of allylic oxidation sites excluding steroid dienone is 1. The molecule has 0 aliphatic rings. The first-order valence-corrected chi connectivity index (χ1v) is 9.66. The summed E-state index contributed by atoms with van der Waals surface area (Å²) in [5, 5.41) is 10.6. The second-order valence-corrected chi connectivity index (χ2v) is 8.17. The van der Waals surface area contributed by atoms with Gasteiger partial charge in [0.1, 0.15) is 17.9 Å². The fourth-order valence-electron chi connectivity index (χ4n) is 3.40. The number of nitrogens with zero attached hydrogens (tertiary/aromatic N) is 4. The number of nitrogens with one attached hydrogen (secondary N) is 1. The maximum absolute atomic E-state index is 11.8. The second kappa shape index (κ2) is 8.19. The van der Waals surface area contributed by atoms with Crippen LogP contribution < -0.4 is 11.2 Å². The number of pyridine rings is 1. The fourth-order valence-corrected chi connectivity index (χ4v) is 3.40. The number of nitrogens with two attached hydrogens (primary N) is 1. The lowest BCUT2D eigenvalue weighted by molar-refractivity contribution is 0.0432. The minimum Gasteiger partial charge on any atom is -0.465 e. The van der Waals surface area contributed by atoms with Gasteiger partial charge in [-0.1, -0.05) is 24.8 Å². The predicted octanol–water partition coefficient (Wildman–Crippen LogP) is 3.50. The molecule has 4 N–H and O–H groups in total. The molecule has 3 rings (SSSR count). The maximum atomic E-state index is 11.8.